The maximum Gasteiger partial charge on any atom is 0.269 e. The number of halogens is 2. The molecule has 4 aromatic carbocycles. The van der Waals surface area contributed by atoms with Crippen LogP contribution in [0.1, 0.15) is 0 Å². The zero-order valence-electron chi connectivity index (χ0n) is 21.0. The summed E-state index contributed by atoms with van der Waals surface area (Å²) in [6, 6.07) is 22.5. The number of benzene rings is 4. The minimum Gasteiger partial charge on any atom is -0.497 e. The van der Waals surface area contributed by atoms with Gasteiger partial charge in [0.2, 0.25) is 0 Å². The SMILES string of the molecule is COc1cccc(N(CC(=O)Cn2c3ccc(Br)cc3c3cc(Br)ccc32)S(=O)(=O)c2ccc([N+](=O)[O-])cc2)c1. The summed E-state index contributed by atoms with van der Waals surface area (Å²) < 4.78 is 37.5. The van der Waals surface area contributed by atoms with E-state index in [-0.39, 0.29) is 28.6 Å². The lowest BCUT2D eigenvalue weighted by Gasteiger charge is -2.24. The van der Waals surface area contributed by atoms with Crippen LogP contribution in [0.2, 0.25) is 0 Å². The van der Waals surface area contributed by atoms with Crippen LogP contribution in [0.3, 0.4) is 0 Å². The molecule has 0 radical (unpaired) electrons. The van der Waals surface area contributed by atoms with E-state index in [1.165, 1.54) is 13.2 Å². The van der Waals surface area contributed by atoms with E-state index < -0.39 is 21.5 Å². The van der Waals surface area contributed by atoms with Crippen LogP contribution in [0.15, 0.2) is 98.8 Å². The summed E-state index contributed by atoms with van der Waals surface area (Å²) in [6.45, 7) is -0.555. The van der Waals surface area contributed by atoms with E-state index in [0.717, 1.165) is 59.3 Å². The number of nitro groups is 1. The minimum absolute atomic E-state index is 0.0838. The zero-order valence-corrected chi connectivity index (χ0v) is 24.9. The molecule has 0 N–H and O–H groups in total. The molecule has 1 aromatic heterocycles. The predicted octanol–water partition coefficient (Wildman–Crippen LogP) is 6.70. The van der Waals surface area contributed by atoms with Crippen LogP contribution < -0.4 is 9.04 Å². The van der Waals surface area contributed by atoms with E-state index in [1.54, 1.807) is 18.2 Å². The third kappa shape index (κ3) is 5.34. The van der Waals surface area contributed by atoms with Crippen LogP contribution >= 0.6 is 31.9 Å². The first kappa shape index (κ1) is 27.8. The van der Waals surface area contributed by atoms with Crippen LogP contribution in [-0.4, -0.2) is 37.3 Å². The Morgan fingerprint density at radius 1 is 0.925 bits per heavy atom. The van der Waals surface area contributed by atoms with Gasteiger partial charge in [0.15, 0.2) is 5.78 Å². The Morgan fingerprint density at radius 3 is 2.08 bits per heavy atom. The molecule has 0 spiro atoms. The number of sulfonamides is 1. The molecule has 0 bridgehead atoms. The van der Waals surface area contributed by atoms with Gasteiger partial charge in [-0.05, 0) is 60.7 Å². The summed E-state index contributed by atoms with van der Waals surface area (Å²) in [5, 5.41) is 13.0. The van der Waals surface area contributed by atoms with Gasteiger partial charge in [-0.25, -0.2) is 8.42 Å². The van der Waals surface area contributed by atoms with Crippen molar-refractivity contribution in [1.82, 2.24) is 4.57 Å². The molecule has 0 aliphatic rings. The number of Topliss-reactive ketones (excluding diaryl/α,β-unsaturated/α-hetero) is 1. The van der Waals surface area contributed by atoms with Crippen molar-refractivity contribution < 1.29 is 22.9 Å². The molecule has 12 heteroatoms. The number of anilines is 1. The van der Waals surface area contributed by atoms with E-state index in [4.69, 9.17) is 4.74 Å². The molecule has 1 heterocycles. The highest BCUT2D eigenvalue weighted by atomic mass is 79.9. The van der Waals surface area contributed by atoms with Gasteiger partial charge >= 0.3 is 0 Å². The molecule has 0 unspecified atom stereocenters. The average molecular weight is 687 g/mol. The lowest BCUT2D eigenvalue weighted by atomic mass is 10.2. The van der Waals surface area contributed by atoms with Crippen LogP contribution in [0.4, 0.5) is 11.4 Å². The van der Waals surface area contributed by atoms with Crippen molar-refractivity contribution in [2.24, 2.45) is 0 Å². The lowest BCUT2D eigenvalue weighted by Crippen LogP contribution is -2.37. The highest BCUT2D eigenvalue weighted by Gasteiger charge is 2.28. The highest BCUT2D eigenvalue weighted by molar-refractivity contribution is 9.10. The third-order valence-corrected chi connectivity index (χ3v) is 9.19. The molecular weight excluding hydrogens is 666 g/mol. The normalized spacial score (nSPS) is 11.6. The van der Waals surface area contributed by atoms with Crippen LogP contribution in [0.5, 0.6) is 5.75 Å². The molecule has 40 heavy (non-hydrogen) atoms. The summed E-state index contributed by atoms with van der Waals surface area (Å²) in [5.41, 5.74) is 1.64. The van der Waals surface area contributed by atoms with Crippen molar-refractivity contribution in [1.29, 1.82) is 0 Å². The molecule has 0 saturated carbocycles. The Balaban J connectivity index is 1.55. The quantitative estimate of drug-likeness (QED) is 0.126. The van der Waals surface area contributed by atoms with Gasteiger partial charge in [-0.15, -0.1) is 0 Å². The van der Waals surface area contributed by atoms with Crippen molar-refractivity contribution in [3.05, 3.63) is 104 Å². The van der Waals surface area contributed by atoms with Crippen LogP contribution in [0, 0.1) is 10.1 Å². The van der Waals surface area contributed by atoms with E-state index in [1.807, 2.05) is 41.0 Å². The van der Waals surface area contributed by atoms with Crippen molar-refractivity contribution in [3.63, 3.8) is 0 Å². The van der Waals surface area contributed by atoms with Crippen molar-refractivity contribution in [3.8, 4) is 5.75 Å². The Morgan fingerprint density at radius 2 is 1.52 bits per heavy atom. The first-order chi connectivity index (χ1) is 19.1. The number of carbonyl (C=O) groups is 1. The number of nitro benzene ring substituents is 1. The lowest BCUT2D eigenvalue weighted by molar-refractivity contribution is -0.384. The molecular formula is C28H21Br2N3O6S. The molecule has 0 aliphatic carbocycles. The summed E-state index contributed by atoms with van der Waals surface area (Å²) >= 11 is 7.03. The van der Waals surface area contributed by atoms with Crippen molar-refractivity contribution >= 4 is 80.8 Å². The number of ether oxygens (including phenoxy) is 1. The molecule has 9 nitrogen and oxygen atoms in total. The monoisotopic (exact) mass is 685 g/mol. The van der Waals surface area contributed by atoms with Gasteiger partial charge in [0, 0.05) is 49.0 Å². The summed E-state index contributed by atoms with van der Waals surface area (Å²) in [7, 11) is -2.82. The number of rotatable bonds is 9. The first-order valence-corrected chi connectivity index (χ1v) is 14.9. The molecule has 0 atom stereocenters. The maximum atomic E-state index is 13.8. The minimum atomic E-state index is -4.28. The van der Waals surface area contributed by atoms with Gasteiger partial charge < -0.3 is 9.30 Å². The largest absolute Gasteiger partial charge is 0.497 e. The molecule has 5 aromatic rings. The average Bonchev–Trinajstić information content (AvgIpc) is 3.23. The summed E-state index contributed by atoms with van der Waals surface area (Å²) in [5.74, 6) is 0.0466. The number of carbonyl (C=O) groups excluding carboxylic acids is 1. The zero-order chi connectivity index (χ0) is 28.6. The van der Waals surface area contributed by atoms with E-state index in [0.29, 0.717) is 5.75 Å². The Labute approximate surface area is 246 Å². The second kappa shape index (κ2) is 11.0. The number of aromatic nitrogens is 1. The number of hydrogen-bond donors (Lipinski definition) is 0. The number of methoxy groups -OCH3 is 1. The van der Waals surface area contributed by atoms with Crippen LogP contribution in [0.25, 0.3) is 21.8 Å². The van der Waals surface area contributed by atoms with Crippen molar-refractivity contribution in [2.45, 2.75) is 11.4 Å². The van der Waals surface area contributed by atoms with E-state index in [9.17, 15) is 23.3 Å². The number of hydrogen-bond acceptors (Lipinski definition) is 6. The second-order valence-corrected chi connectivity index (χ2v) is 12.6. The molecule has 0 amide bonds. The van der Waals surface area contributed by atoms with E-state index in [2.05, 4.69) is 31.9 Å². The fourth-order valence-corrected chi connectivity index (χ4v) is 6.71. The number of ketones is 1. The Bertz CT molecular complexity index is 1830. The number of nitrogens with zero attached hydrogens (tertiary/aromatic N) is 3. The Kier molecular flexibility index (Phi) is 7.67. The highest BCUT2D eigenvalue weighted by Crippen LogP contribution is 2.33. The molecule has 5 rings (SSSR count). The second-order valence-electron chi connectivity index (χ2n) is 8.91. The number of non-ortho nitro benzene ring substituents is 1. The smallest absolute Gasteiger partial charge is 0.269 e. The fourth-order valence-electron chi connectivity index (χ4n) is 4.55. The standard InChI is InChI=1S/C28H21Br2N3O6S/c1-39-23-4-2-3-21(15-23)32(40(37,38)24-9-7-20(8-10-24)33(35)36)17-22(34)16-31-27-11-5-18(29)13-25(27)26-14-19(30)6-12-28(26)31/h2-15H,16-17H2,1H3. The summed E-state index contributed by atoms with van der Waals surface area (Å²) in [6.07, 6.45) is 0. The van der Waals surface area contributed by atoms with Gasteiger partial charge in [-0.3, -0.25) is 19.2 Å². The van der Waals surface area contributed by atoms with Gasteiger partial charge in [-0.2, -0.15) is 0 Å². The van der Waals surface area contributed by atoms with Gasteiger partial charge in [0.1, 0.15) is 5.75 Å². The molecule has 204 valence electrons. The van der Waals surface area contributed by atoms with E-state index >= 15 is 0 Å². The Hall–Kier alpha value is -3.74. The van der Waals surface area contributed by atoms with Crippen molar-refractivity contribution in [2.75, 3.05) is 18.0 Å². The first-order valence-electron chi connectivity index (χ1n) is 11.9. The predicted molar refractivity (Wildman–Crippen MR) is 160 cm³/mol. The topological polar surface area (TPSA) is 112 Å². The van der Waals surface area contributed by atoms with Crippen LogP contribution in [-0.2, 0) is 21.4 Å². The third-order valence-electron chi connectivity index (χ3n) is 6.42. The molecule has 0 saturated heterocycles. The molecule has 0 aliphatic heterocycles. The van der Waals surface area contributed by atoms with Gasteiger partial charge in [0.25, 0.3) is 15.7 Å². The van der Waals surface area contributed by atoms with Gasteiger partial charge in [-0.1, -0.05) is 37.9 Å². The van der Waals surface area contributed by atoms with Gasteiger partial charge in [0.05, 0.1) is 35.7 Å². The molecule has 0 fully saturated rings. The fraction of sp³-hybridized carbons (Fsp3) is 0.107. The maximum absolute atomic E-state index is 13.8. The number of fused-ring (bicyclic) bond motifs is 3. The summed E-state index contributed by atoms with van der Waals surface area (Å²) in [4.78, 5) is 23.9.